The van der Waals surface area contributed by atoms with Gasteiger partial charge in [-0.05, 0) is 35.9 Å². The molecule has 1 heteroatoms. The van der Waals surface area contributed by atoms with Gasteiger partial charge in [0.2, 0.25) is 0 Å². The molecular weight excluding hydrogens is 128 g/mol. The average Bonchev–Trinajstić information content (AvgIpc) is 1.79. The van der Waals surface area contributed by atoms with Crippen LogP contribution in [0.25, 0.3) is 0 Å². The predicted molar refractivity (Wildman–Crippen MR) is 47.5 cm³/mol. The summed E-state index contributed by atoms with van der Waals surface area (Å²) in [7, 11) is -0.145. The van der Waals surface area contributed by atoms with Gasteiger partial charge < -0.3 is 0 Å². The highest BCUT2D eigenvalue weighted by Crippen LogP contribution is 2.51. The second kappa shape index (κ2) is 2.19. The minimum absolute atomic E-state index is 0.145. The van der Waals surface area contributed by atoms with E-state index >= 15 is 0 Å². The molecule has 0 aromatic heterocycles. The van der Waals surface area contributed by atoms with Crippen LogP contribution in [-0.4, -0.2) is 24.0 Å². The number of rotatable bonds is 0. The fraction of sp³-hybridized carbons (Fsp3) is 1.00. The van der Waals surface area contributed by atoms with Gasteiger partial charge in [-0.1, -0.05) is 13.8 Å². The normalized spacial score (nSPS) is 44.9. The lowest BCUT2D eigenvalue weighted by Crippen LogP contribution is -2.01. The van der Waals surface area contributed by atoms with Crippen molar-refractivity contribution in [3.8, 4) is 0 Å². The van der Waals surface area contributed by atoms with E-state index in [1.807, 2.05) is 0 Å². The second-order valence-electron chi connectivity index (χ2n) is 4.05. The van der Waals surface area contributed by atoms with Gasteiger partial charge in [-0.2, -0.15) is 0 Å². The Balaban J connectivity index is 2.54. The topological polar surface area (TPSA) is 0 Å². The van der Waals surface area contributed by atoms with Crippen molar-refractivity contribution in [2.24, 2.45) is 11.8 Å². The second-order valence-corrected chi connectivity index (χ2v) is 8.26. The van der Waals surface area contributed by atoms with Crippen LogP contribution < -0.4 is 0 Å². The number of hydrogen-bond acceptors (Lipinski definition) is 0. The summed E-state index contributed by atoms with van der Waals surface area (Å²) in [6.07, 6.45) is 4.93. The summed E-state index contributed by atoms with van der Waals surface area (Å²) in [5.41, 5.74) is 0. The Morgan fingerprint density at radius 2 is 1.33 bits per heavy atom. The molecule has 0 N–H and O–H groups in total. The Bertz CT molecular complexity index is 95.1. The van der Waals surface area contributed by atoms with Gasteiger partial charge in [-0.25, -0.2) is 10.0 Å². The van der Waals surface area contributed by atoms with Crippen LogP contribution in [0.1, 0.15) is 13.8 Å². The van der Waals surface area contributed by atoms with Gasteiger partial charge >= 0.3 is 0 Å². The predicted octanol–water partition coefficient (Wildman–Crippen LogP) is 2.34. The summed E-state index contributed by atoms with van der Waals surface area (Å²) in [4.78, 5) is 0. The molecule has 0 radical (unpaired) electrons. The molecule has 1 fully saturated rings. The zero-order valence-corrected chi connectivity index (χ0v) is 7.79. The van der Waals surface area contributed by atoms with Gasteiger partial charge in [-0.3, -0.25) is 0 Å². The van der Waals surface area contributed by atoms with Crippen molar-refractivity contribution < 1.29 is 0 Å². The van der Waals surface area contributed by atoms with Crippen molar-refractivity contribution in [2.75, 3.05) is 24.0 Å². The first-order chi connectivity index (χ1) is 4.01. The molecule has 1 heterocycles. The highest BCUT2D eigenvalue weighted by Gasteiger charge is 2.29. The van der Waals surface area contributed by atoms with Crippen LogP contribution in [0.4, 0.5) is 0 Å². The Morgan fingerprint density at radius 1 is 1.00 bits per heavy atom. The Morgan fingerprint density at radius 3 is 1.44 bits per heavy atom. The molecule has 1 rings (SSSR count). The first-order valence-electron chi connectivity index (χ1n) is 3.70. The van der Waals surface area contributed by atoms with E-state index in [4.69, 9.17) is 0 Å². The molecule has 0 bridgehead atoms. The van der Waals surface area contributed by atoms with Crippen LogP contribution in [0.5, 0.6) is 0 Å². The third-order valence-electron chi connectivity index (χ3n) is 2.40. The van der Waals surface area contributed by atoms with E-state index in [2.05, 4.69) is 26.4 Å². The van der Waals surface area contributed by atoms with Crippen molar-refractivity contribution >= 4 is 10.0 Å². The summed E-state index contributed by atoms with van der Waals surface area (Å²) in [6.45, 7) is 4.79. The summed E-state index contributed by atoms with van der Waals surface area (Å²) < 4.78 is 0. The van der Waals surface area contributed by atoms with E-state index in [9.17, 15) is 0 Å². The first-order valence-corrected chi connectivity index (χ1v) is 6.49. The Labute approximate surface area is 60.3 Å². The summed E-state index contributed by atoms with van der Waals surface area (Å²) in [6, 6.07) is 0. The molecule has 0 aromatic rings. The lowest BCUT2D eigenvalue weighted by molar-refractivity contribution is 0.494. The van der Waals surface area contributed by atoms with Crippen molar-refractivity contribution in [2.45, 2.75) is 13.8 Å². The van der Waals surface area contributed by atoms with Crippen molar-refractivity contribution in [1.82, 2.24) is 0 Å². The number of hydrogen-bond donors (Lipinski definition) is 0. The van der Waals surface area contributed by atoms with Crippen LogP contribution in [0.3, 0.4) is 0 Å². The maximum atomic E-state index is 2.47. The molecule has 0 spiro atoms. The maximum absolute atomic E-state index is 2.47. The fourth-order valence-electron chi connectivity index (χ4n) is 1.82. The molecule has 0 aromatic carbocycles. The molecule has 1 aliphatic heterocycles. The van der Waals surface area contributed by atoms with Gasteiger partial charge in [0.25, 0.3) is 0 Å². The standard InChI is InChI=1S/C8H18S/c1-7-5-9(3,4)6-8(7)2/h7-8H,5-6H2,1-4H3. The van der Waals surface area contributed by atoms with Crippen LogP contribution in [0, 0.1) is 11.8 Å². The van der Waals surface area contributed by atoms with Gasteiger partial charge in [-0.15, -0.1) is 0 Å². The summed E-state index contributed by atoms with van der Waals surface area (Å²) in [5, 5.41) is 0. The summed E-state index contributed by atoms with van der Waals surface area (Å²) >= 11 is 0. The van der Waals surface area contributed by atoms with Gasteiger partial charge in [0.15, 0.2) is 0 Å². The first kappa shape index (κ1) is 7.46. The highest BCUT2D eigenvalue weighted by atomic mass is 32.3. The fourth-order valence-corrected chi connectivity index (χ4v) is 5.46. The van der Waals surface area contributed by atoms with Gasteiger partial charge in [0.05, 0.1) is 0 Å². The maximum Gasteiger partial charge on any atom is -0.0204 e. The minimum atomic E-state index is -0.145. The SMILES string of the molecule is CC1CS(C)(C)CC1C. The zero-order valence-electron chi connectivity index (χ0n) is 6.98. The summed E-state index contributed by atoms with van der Waals surface area (Å²) in [5.74, 6) is 5.01. The Hall–Kier alpha value is 0.350. The Kier molecular flexibility index (Phi) is 1.81. The quantitative estimate of drug-likeness (QED) is 0.492. The molecule has 1 saturated heterocycles. The van der Waals surface area contributed by atoms with Gasteiger partial charge in [0, 0.05) is 0 Å². The molecular formula is C8H18S. The van der Waals surface area contributed by atoms with E-state index in [1.165, 1.54) is 11.5 Å². The largest absolute Gasteiger partial charge is 0.246 e. The van der Waals surface area contributed by atoms with Crippen LogP contribution in [0.2, 0.25) is 0 Å². The van der Waals surface area contributed by atoms with E-state index in [1.54, 1.807) is 0 Å². The van der Waals surface area contributed by atoms with E-state index in [0.29, 0.717) is 0 Å². The highest BCUT2D eigenvalue weighted by molar-refractivity contribution is 8.32. The molecule has 2 atom stereocenters. The molecule has 0 saturated carbocycles. The van der Waals surface area contributed by atoms with Crippen molar-refractivity contribution in [3.63, 3.8) is 0 Å². The third-order valence-corrected chi connectivity index (χ3v) is 5.26. The van der Waals surface area contributed by atoms with Crippen LogP contribution in [-0.2, 0) is 0 Å². The lowest BCUT2D eigenvalue weighted by atomic mass is 10.0. The van der Waals surface area contributed by atoms with E-state index < -0.39 is 0 Å². The van der Waals surface area contributed by atoms with Crippen LogP contribution in [0.15, 0.2) is 0 Å². The molecule has 9 heavy (non-hydrogen) atoms. The zero-order chi connectivity index (χ0) is 7.07. The van der Waals surface area contributed by atoms with Crippen LogP contribution >= 0.6 is 10.0 Å². The van der Waals surface area contributed by atoms with Gasteiger partial charge in [0.1, 0.15) is 0 Å². The molecule has 0 aliphatic carbocycles. The third kappa shape index (κ3) is 1.64. The molecule has 0 amide bonds. The van der Waals surface area contributed by atoms with E-state index in [0.717, 1.165) is 11.8 Å². The van der Waals surface area contributed by atoms with E-state index in [-0.39, 0.29) is 10.0 Å². The minimum Gasteiger partial charge on any atom is -0.246 e. The lowest BCUT2D eigenvalue weighted by Gasteiger charge is -2.23. The smallest absolute Gasteiger partial charge is 0.0204 e. The van der Waals surface area contributed by atoms with Crippen molar-refractivity contribution in [1.29, 1.82) is 0 Å². The van der Waals surface area contributed by atoms with Crippen molar-refractivity contribution in [3.05, 3.63) is 0 Å². The monoisotopic (exact) mass is 146 g/mol. The average molecular weight is 146 g/mol. The molecule has 1 aliphatic rings. The molecule has 56 valence electrons. The molecule has 2 unspecified atom stereocenters. The molecule has 0 nitrogen and oxygen atoms in total.